The van der Waals surface area contributed by atoms with E-state index >= 15 is 0 Å². The van der Waals surface area contributed by atoms with Crippen molar-refractivity contribution in [2.75, 3.05) is 20.1 Å². The van der Waals surface area contributed by atoms with E-state index in [1.165, 1.54) is 0 Å². The first-order chi connectivity index (χ1) is 10.3. The van der Waals surface area contributed by atoms with Gasteiger partial charge in [0.2, 0.25) is 5.91 Å². The van der Waals surface area contributed by atoms with E-state index in [0.717, 1.165) is 30.6 Å². The molecule has 2 rings (SSSR count). The molecule has 5 heteroatoms. The minimum Gasteiger partial charge on any atom is -0.356 e. The number of benzene rings is 1. The van der Waals surface area contributed by atoms with E-state index in [1.54, 1.807) is 0 Å². The van der Waals surface area contributed by atoms with Crippen LogP contribution in [0.4, 0.5) is 0 Å². The molecule has 0 radical (unpaired) electrons. The number of para-hydroxylation sites is 1. The molecule has 21 heavy (non-hydrogen) atoms. The molecule has 0 fully saturated rings. The van der Waals surface area contributed by atoms with E-state index in [4.69, 9.17) is 0 Å². The van der Waals surface area contributed by atoms with E-state index in [2.05, 4.69) is 15.7 Å². The quantitative estimate of drug-likeness (QED) is 0.724. The Labute approximate surface area is 125 Å². The molecule has 5 nitrogen and oxygen atoms in total. The first-order valence-electron chi connectivity index (χ1n) is 7.30. The van der Waals surface area contributed by atoms with Gasteiger partial charge in [0, 0.05) is 19.2 Å². The Bertz CT molecular complexity index is 550. The maximum Gasteiger partial charge on any atom is 0.220 e. The van der Waals surface area contributed by atoms with Crippen molar-refractivity contribution in [3.8, 4) is 5.69 Å². The van der Waals surface area contributed by atoms with Crippen LogP contribution in [0.2, 0.25) is 0 Å². The lowest BCUT2D eigenvalue weighted by Gasteiger charge is -2.04. The molecule has 1 aromatic carbocycles. The lowest BCUT2D eigenvalue weighted by molar-refractivity contribution is -0.121. The fourth-order valence-electron chi connectivity index (χ4n) is 2.07. The molecule has 0 bridgehead atoms. The number of nitrogens with zero attached hydrogens (tertiary/aromatic N) is 2. The Balaban J connectivity index is 1.75. The summed E-state index contributed by atoms with van der Waals surface area (Å²) < 4.78 is 1.85. The third kappa shape index (κ3) is 5.04. The Morgan fingerprint density at radius 1 is 1.24 bits per heavy atom. The molecule has 1 amide bonds. The molecule has 0 aliphatic carbocycles. The topological polar surface area (TPSA) is 59.0 Å². The summed E-state index contributed by atoms with van der Waals surface area (Å²) in [4.78, 5) is 11.6. The Hall–Kier alpha value is -2.14. The summed E-state index contributed by atoms with van der Waals surface area (Å²) in [6.45, 7) is 1.52. The molecule has 1 heterocycles. The summed E-state index contributed by atoms with van der Waals surface area (Å²) in [6.07, 6.45) is 6.09. The number of nitrogens with one attached hydrogen (secondary N) is 2. The predicted molar refractivity (Wildman–Crippen MR) is 83.4 cm³/mol. The van der Waals surface area contributed by atoms with Crippen LogP contribution >= 0.6 is 0 Å². The second kappa shape index (κ2) is 8.21. The SMILES string of the molecule is CNCCCC(=O)NCCc1cnn(-c2ccccc2)c1. The summed E-state index contributed by atoms with van der Waals surface area (Å²) in [6, 6.07) is 9.99. The van der Waals surface area contributed by atoms with Gasteiger partial charge in [-0.15, -0.1) is 0 Å². The highest BCUT2D eigenvalue weighted by Gasteiger charge is 2.03. The standard InChI is InChI=1S/C16H22N4O/c1-17-10-5-8-16(21)18-11-9-14-12-19-20(13-14)15-6-3-2-4-7-15/h2-4,6-7,12-13,17H,5,8-11H2,1H3,(H,18,21). The van der Waals surface area contributed by atoms with Gasteiger partial charge in [0.05, 0.1) is 11.9 Å². The fraction of sp³-hybridized carbons (Fsp3) is 0.375. The van der Waals surface area contributed by atoms with Gasteiger partial charge >= 0.3 is 0 Å². The third-order valence-corrected chi connectivity index (χ3v) is 3.22. The van der Waals surface area contributed by atoms with Crippen LogP contribution in [0.1, 0.15) is 18.4 Å². The van der Waals surface area contributed by atoms with Crippen molar-refractivity contribution in [3.63, 3.8) is 0 Å². The highest BCUT2D eigenvalue weighted by molar-refractivity contribution is 5.75. The van der Waals surface area contributed by atoms with Crippen molar-refractivity contribution in [2.45, 2.75) is 19.3 Å². The predicted octanol–water partition coefficient (Wildman–Crippen LogP) is 1.53. The van der Waals surface area contributed by atoms with Gasteiger partial charge in [0.1, 0.15) is 0 Å². The molecule has 2 N–H and O–H groups in total. The van der Waals surface area contributed by atoms with Crippen molar-refractivity contribution in [1.82, 2.24) is 20.4 Å². The Kier molecular flexibility index (Phi) is 5.97. The molecular weight excluding hydrogens is 264 g/mol. The van der Waals surface area contributed by atoms with Gasteiger partial charge in [-0.2, -0.15) is 5.10 Å². The molecule has 0 saturated heterocycles. The van der Waals surface area contributed by atoms with Crippen LogP contribution in [0, 0.1) is 0 Å². The zero-order chi connectivity index (χ0) is 14.9. The van der Waals surface area contributed by atoms with Crippen LogP contribution < -0.4 is 10.6 Å². The van der Waals surface area contributed by atoms with Gasteiger partial charge in [-0.25, -0.2) is 4.68 Å². The van der Waals surface area contributed by atoms with Crippen LogP contribution in [0.15, 0.2) is 42.7 Å². The van der Waals surface area contributed by atoms with Crippen molar-refractivity contribution < 1.29 is 4.79 Å². The molecule has 0 saturated carbocycles. The van der Waals surface area contributed by atoms with E-state index in [1.807, 2.05) is 54.5 Å². The van der Waals surface area contributed by atoms with Gasteiger partial charge in [-0.05, 0) is 44.1 Å². The fourth-order valence-corrected chi connectivity index (χ4v) is 2.07. The Morgan fingerprint density at radius 2 is 2.05 bits per heavy atom. The summed E-state index contributed by atoms with van der Waals surface area (Å²) in [5, 5.41) is 10.3. The van der Waals surface area contributed by atoms with Gasteiger partial charge in [-0.3, -0.25) is 4.79 Å². The van der Waals surface area contributed by atoms with E-state index < -0.39 is 0 Å². The van der Waals surface area contributed by atoms with E-state index in [0.29, 0.717) is 13.0 Å². The lowest BCUT2D eigenvalue weighted by atomic mass is 10.2. The largest absolute Gasteiger partial charge is 0.356 e. The van der Waals surface area contributed by atoms with Crippen LogP contribution in [-0.4, -0.2) is 35.8 Å². The monoisotopic (exact) mass is 286 g/mol. The van der Waals surface area contributed by atoms with Gasteiger partial charge < -0.3 is 10.6 Å². The highest BCUT2D eigenvalue weighted by atomic mass is 16.1. The number of amides is 1. The number of carbonyl (C=O) groups is 1. The average Bonchev–Trinajstić information content (AvgIpc) is 2.97. The molecule has 1 aromatic heterocycles. The molecular formula is C16H22N4O. The van der Waals surface area contributed by atoms with Gasteiger partial charge in [-0.1, -0.05) is 18.2 Å². The number of rotatable bonds is 8. The van der Waals surface area contributed by atoms with Crippen molar-refractivity contribution in [3.05, 3.63) is 48.3 Å². The van der Waals surface area contributed by atoms with Gasteiger partial charge in [0.25, 0.3) is 0 Å². The molecule has 0 atom stereocenters. The minimum atomic E-state index is 0.112. The molecule has 0 aliphatic rings. The average molecular weight is 286 g/mol. The summed E-state index contributed by atoms with van der Waals surface area (Å²) in [5.41, 5.74) is 2.16. The third-order valence-electron chi connectivity index (χ3n) is 3.22. The van der Waals surface area contributed by atoms with Crippen molar-refractivity contribution >= 4 is 5.91 Å². The summed E-state index contributed by atoms with van der Waals surface area (Å²) in [5.74, 6) is 0.112. The van der Waals surface area contributed by atoms with Crippen LogP contribution in [0.5, 0.6) is 0 Å². The zero-order valence-corrected chi connectivity index (χ0v) is 12.4. The second-order valence-electron chi connectivity index (χ2n) is 4.94. The molecule has 2 aromatic rings. The summed E-state index contributed by atoms with van der Waals surface area (Å²) in [7, 11) is 1.89. The van der Waals surface area contributed by atoms with Crippen LogP contribution in [-0.2, 0) is 11.2 Å². The maximum atomic E-state index is 11.6. The number of aromatic nitrogens is 2. The molecule has 0 unspecified atom stereocenters. The normalized spacial score (nSPS) is 10.5. The molecule has 0 spiro atoms. The molecule has 0 aliphatic heterocycles. The lowest BCUT2D eigenvalue weighted by Crippen LogP contribution is -2.26. The first kappa shape index (κ1) is 15.3. The van der Waals surface area contributed by atoms with Crippen molar-refractivity contribution in [1.29, 1.82) is 0 Å². The first-order valence-corrected chi connectivity index (χ1v) is 7.30. The van der Waals surface area contributed by atoms with Gasteiger partial charge in [0.15, 0.2) is 0 Å². The minimum absolute atomic E-state index is 0.112. The number of carbonyl (C=O) groups excluding carboxylic acids is 1. The summed E-state index contributed by atoms with van der Waals surface area (Å²) >= 11 is 0. The van der Waals surface area contributed by atoms with E-state index in [9.17, 15) is 4.79 Å². The Morgan fingerprint density at radius 3 is 2.81 bits per heavy atom. The second-order valence-corrected chi connectivity index (χ2v) is 4.94. The number of hydrogen-bond donors (Lipinski definition) is 2. The number of hydrogen-bond acceptors (Lipinski definition) is 3. The highest BCUT2D eigenvalue weighted by Crippen LogP contribution is 2.07. The smallest absolute Gasteiger partial charge is 0.220 e. The van der Waals surface area contributed by atoms with Crippen LogP contribution in [0.3, 0.4) is 0 Å². The zero-order valence-electron chi connectivity index (χ0n) is 12.4. The van der Waals surface area contributed by atoms with Crippen LogP contribution in [0.25, 0.3) is 5.69 Å². The van der Waals surface area contributed by atoms with E-state index in [-0.39, 0.29) is 5.91 Å². The maximum absolute atomic E-state index is 11.6. The molecule has 112 valence electrons. The van der Waals surface area contributed by atoms with Crippen molar-refractivity contribution in [2.24, 2.45) is 0 Å².